The molecule has 1 heterocycles. The molecule has 2 N–H and O–H groups in total. The van der Waals surface area contributed by atoms with E-state index in [9.17, 15) is 4.39 Å². The van der Waals surface area contributed by atoms with Crippen molar-refractivity contribution in [3.63, 3.8) is 0 Å². The van der Waals surface area contributed by atoms with Crippen molar-refractivity contribution in [1.82, 2.24) is 0 Å². The molecule has 0 bridgehead atoms. The highest BCUT2D eigenvalue weighted by atomic mass is 31.1. The number of hydrogen-bond donors (Lipinski definition) is 1. The molecule has 142 valence electrons. The second-order valence-electron chi connectivity index (χ2n) is 6.21. The summed E-state index contributed by atoms with van der Waals surface area (Å²) in [5, 5.41) is 1.24. The lowest BCUT2D eigenvalue weighted by atomic mass is 9.98. The third-order valence-electron chi connectivity index (χ3n) is 4.29. The minimum absolute atomic E-state index is 0.169. The van der Waals surface area contributed by atoms with E-state index in [1.165, 1.54) is 5.31 Å². The maximum Gasteiger partial charge on any atom is 0.126 e. The predicted molar refractivity (Wildman–Crippen MR) is 120 cm³/mol. The van der Waals surface area contributed by atoms with Crippen LogP contribution in [0, 0.1) is 19.7 Å². The number of rotatable bonds is 3. The summed E-state index contributed by atoms with van der Waals surface area (Å²) in [6.07, 6.45) is 4.71. The highest BCUT2D eigenvalue weighted by molar-refractivity contribution is 7.51. The van der Waals surface area contributed by atoms with Crippen molar-refractivity contribution in [2.75, 3.05) is 6.16 Å². The van der Waals surface area contributed by atoms with E-state index in [-0.39, 0.29) is 5.82 Å². The zero-order valence-corrected chi connectivity index (χ0v) is 17.7. The number of halogens is 1. The van der Waals surface area contributed by atoms with E-state index in [2.05, 4.69) is 30.1 Å². The third-order valence-corrected chi connectivity index (χ3v) is 5.79. The minimum Gasteiger partial charge on any atom is -0.402 e. The first-order valence-electron chi connectivity index (χ1n) is 9.30. The number of hydrogen-bond acceptors (Lipinski definition) is 2. The quantitative estimate of drug-likeness (QED) is 0.472. The Labute approximate surface area is 163 Å². The number of aryl methyl sites for hydroxylation is 2. The molecule has 1 aliphatic heterocycles. The third kappa shape index (κ3) is 4.93. The van der Waals surface area contributed by atoms with Crippen molar-refractivity contribution < 1.29 is 4.39 Å². The second kappa shape index (κ2) is 9.62. The molecule has 0 fully saturated rings. The molecule has 27 heavy (non-hydrogen) atoms. The van der Waals surface area contributed by atoms with Crippen molar-refractivity contribution in [2.45, 2.75) is 34.6 Å². The average Bonchev–Trinajstić information content (AvgIpc) is 2.67. The van der Waals surface area contributed by atoms with Gasteiger partial charge in [0.2, 0.25) is 0 Å². The maximum absolute atomic E-state index is 13.7. The van der Waals surface area contributed by atoms with Gasteiger partial charge in [0.05, 0.1) is 5.69 Å². The van der Waals surface area contributed by atoms with Crippen molar-refractivity contribution >= 4 is 31.4 Å². The Bertz CT molecular complexity index is 911. The van der Waals surface area contributed by atoms with E-state index in [0.717, 1.165) is 39.8 Å². The monoisotopic (exact) mass is 382 g/mol. The van der Waals surface area contributed by atoms with E-state index < -0.39 is 0 Å². The van der Waals surface area contributed by atoms with Crippen LogP contribution < -0.4 is 5.73 Å². The molecule has 0 radical (unpaired) electrons. The van der Waals surface area contributed by atoms with Gasteiger partial charge in [0.25, 0.3) is 0 Å². The summed E-state index contributed by atoms with van der Waals surface area (Å²) in [5.41, 5.74) is 13.1. The fourth-order valence-corrected chi connectivity index (χ4v) is 4.24. The molecule has 2 aromatic rings. The van der Waals surface area contributed by atoms with Crippen LogP contribution in [0.1, 0.15) is 43.0 Å². The first-order chi connectivity index (χ1) is 13.0. The van der Waals surface area contributed by atoms with E-state index >= 15 is 0 Å². The van der Waals surface area contributed by atoms with Gasteiger partial charge in [-0.2, -0.15) is 0 Å². The molecule has 1 unspecified atom stereocenters. The number of allylic oxidation sites excluding steroid dienone is 3. The predicted octanol–water partition coefficient (Wildman–Crippen LogP) is 6.59. The van der Waals surface area contributed by atoms with Gasteiger partial charge in [-0.3, -0.25) is 4.99 Å². The summed E-state index contributed by atoms with van der Waals surface area (Å²) in [6, 6.07) is 11.6. The average molecular weight is 382 g/mol. The smallest absolute Gasteiger partial charge is 0.126 e. The summed E-state index contributed by atoms with van der Waals surface area (Å²) in [7, 11) is 0.578. The summed E-state index contributed by atoms with van der Waals surface area (Å²) < 4.78 is 13.7. The molecule has 0 saturated carbocycles. The fourth-order valence-electron chi connectivity index (χ4n) is 2.99. The number of nitrogens with two attached hydrogens (primary N) is 1. The number of aliphatic imine (C=N–C) groups is 1. The van der Waals surface area contributed by atoms with Gasteiger partial charge in [-0.25, -0.2) is 4.39 Å². The highest BCUT2D eigenvalue weighted by Gasteiger charge is 2.16. The zero-order chi connectivity index (χ0) is 20.0. The molecule has 1 atom stereocenters. The first kappa shape index (κ1) is 21.1. The number of nitrogens with zero attached hydrogens (tertiary/aromatic N) is 1. The molecular weight excluding hydrogens is 354 g/mol. The van der Waals surface area contributed by atoms with Crippen LogP contribution in [0.25, 0.3) is 10.9 Å². The molecule has 0 saturated heterocycles. The Kier molecular flexibility index (Phi) is 7.50. The molecule has 4 heteroatoms. The summed E-state index contributed by atoms with van der Waals surface area (Å²) >= 11 is 0. The summed E-state index contributed by atoms with van der Waals surface area (Å²) in [6.45, 7) is 9.78. The molecule has 2 aromatic carbocycles. The maximum atomic E-state index is 13.7. The molecule has 0 spiro atoms. The van der Waals surface area contributed by atoms with Crippen LogP contribution >= 0.6 is 8.58 Å². The van der Waals surface area contributed by atoms with Crippen LogP contribution in [0.4, 0.5) is 10.1 Å². The summed E-state index contributed by atoms with van der Waals surface area (Å²) in [4.78, 5) is 4.38. The van der Waals surface area contributed by atoms with Gasteiger partial charge in [0.1, 0.15) is 5.82 Å². The van der Waals surface area contributed by atoms with Crippen molar-refractivity contribution in [3.05, 3.63) is 76.2 Å². The van der Waals surface area contributed by atoms with Crippen LogP contribution in [-0.4, -0.2) is 12.4 Å². The van der Waals surface area contributed by atoms with Crippen molar-refractivity contribution in [1.29, 1.82) is 0 Å². The Balaban J connectivity index is 0.00000126. The van der Waals surface area contributed by atoms with Crippen LogP contribution in [0.5, 0.6) is 0 Å². The lowest BCUT2D eigenvalue weighted by Gasteiger charge is -2.20. The fraction of sp³-hybridized carbons (Fsp3) is 0.261. The highest BCUT2D eigenvalue weighted by Crippen LogP contribution is 2.45. The van der Waals surface area contributed by atoms with Gasteiger partial charge in [0, 0.05) is 18.1 Å². The molecule has 3 rings (SSSR count). The Morgan fingerprint density at radius 1 is 1.04 bits per heavy atom. The van der Waals surface area contributed by atoms with Crippen molar-refractivity contribution in [3.8, 4) is 0 Å². The van der Waals surface area contributed by atoms with Gasteiger partial charge in [-0.05, 0) is 84.3 Å². The largest absolute Gasteiger partial charge is 0.402 e. The first-order valence-corrected chi connectivity index (χ1v) is 10.5. The van der Waals surface area contributed by atoms with Crippen LogP contribution in [0.15, 0.2) is 53.2 Å². The van der Waals surface area contributed by atoms with Gasteiger partial charge in [-0.15, -0.1) is 0 Å². The second-order valence-corrected chi connectivity index (χ2v) is 7.42. The molecular formula is C23H28FN2P. The molecule has 0 amide bonds. The molecule has 0 aliphatic carbocycles. The summed E-state index contributed by atoms with van der Waals surface area (Å²) in [5.74, 6) is -0.169. The van der Waals surface area contributed by atoms with E-state index in [1.54, 1.807) is 19.2 Å². The topological polar surface area (TPSA) is 38.4 Å². The number of benzene rings is 2. The Morgan fingerprint density at radius 3 is 2.33 bits per heavy atom. The van der Waals surface area contributed by atoms with E-state index in [4.69, 9.17) is 5.73 Å². The normalized spacial score (nSPS) is 15.0. The minimum atomic E-state index is -0.169. The Morgan fingerprint density at radius 2 is 1.70 bits per heavy atom. The van der Waals surface area contributed by atoms with Gasteiger partial charge in [-0.1, -0.05) is 34.6 Å². The Hall–Kier alpha value is -2.25. The van der Waals surface area contributed by atoms with Crippen LogP contribution in [0.3, 0.4) is 0 Å². The van der Waals surface area contributed by atoms with Gasteiger partial charge < -0.3 is 5.73 Å². The van der Waals surface area contributed by atoms with Gasteiger partial charge in [0.15, 0.2) is 0 Å². The zero-order valence-electron chi connectivity index (χ0n) is 16.7. The van der Waals surface area contributed by atoms with Crippen molar-refractivity contribution in [2.24, 2.45) is 10.7 Å². The van der Waals surface area contributed by atoms with E-state index in [1.807, 2.05) is 39.0 Å². The standard InChI is InChI=1S/C21H22FN2P.C2H6/c1-4-24-20-8-6-15(10-14(20)3)18-11-17(23)12-25-21(18)16-5-7-19(22)13(2)9-16;1-2/h4-11,25H,12,23H2,1-3H3;1-2H3. The van der Waals surface area contributed by atoms with Crippen LogP contribution in [0.2, 0.25) is 0 Å². The van der Waals surface area contributed by atoms with Gasteiger partial charge >= 0.3 is 0 Å². The van der Waals surface area contributed by atoms with Crippen LogP contribution in [-0.2, 0) is 0 Å². The van der Waals surface area contributed by atoms with E-state index in [0.29, 0.717) is 14.1 Å². The molecule has 1 aliphatic rings. The molecule has 2 nitrogen and oxygen atoms in total. The lowest BCUT2D eigenvalue weighted by Crippen LogP contribution is -2.05. The SMILES string of the molecule is CC.CC=Nc1ccc(C2=C(c3ccc(F)c(C)c3)PCC(N)=C2)cc1C. The lowest BCUT2D eigenvalue weighted by molar-refractivity contribution is 0.618. The molecule has 0 aromatic heterocycles.